The van der Waals surface area contributed by atoms with Crippen LogP contribution in [0.1, 0.15) is 10.5 Å². The van der Waals surface area contributed by atoms with Gasteiger partial charge in [-0.15, -0.1) is 0 Å². The van der Waals surface area contributed by atoms with E-state index in [0.29, 0.717) is 5.02 Å². The summed E-state index contributed by atoms with van der Waals surface area (Å²) in [4.78, 5) is 20.9. The van der Waals surface area contributed by atoms with E-state index in [1.54, 1.807) is 24.4 Å². The third-order valence-corrected chi connectivity index (χ3v) is 4.14. The lowest BCUT2D eigenvalue weighted by Gasteiger charge is -2.06. The van der Waals surface area contributed by atoms with Crippen LogP contribution in [0, 0.1) is 0 Å². The van der Waals surface area contributed by atoms with Crippen LogP contribution < -0.4 is 0 Å². The van der Waals surface area contributed by atoms with Gasteiger partial charge in [0.25, 0.3) is 0 Å². The van der Waals surface area contributed by atoms with Gasteiger partial charge in [-0.1, -0.05) is 29.4 Å². The molecule has 0 saturated carbocycles. The third kappa shape index (κ3) is 2.99. The smallest absolute Gasteiger partial charge is 0.354 e. The zero-order chi connectivity index (χ0) is 14.8. The number of carboxylic acids is 1. The maximum atomic E-state index is 11.0. The van der Waals surface area contributed by atoms with Gasteiger partial charge in [0.1, 0.15) is 5.69 Å². The molecule has 3 aromatic rings. The topological polar surface area (TPSA) is 63.1 Å². The average Bonchev–Trinajstić information content (AvgIpc) is 2.47. The first-order valence-electron chi connectivity index (χ1n) is 6.05. The van der Waals surface area contributed by atoms with Gasteiger partial charge < -0.3 is 5.11 Å². The number of hydrogen-bond donors (Lipinski definition) is 1. The van der Waals surface area contributed by atoms with Crippen LogP contribution in [0.15, 0.2) is 58.6 Å². The van der Waals surface area contributed by atoms with Gasteiger partial charge in [0.2, 0.25) is 0 Å². The Morgan fingerprint density at radius 3 is 2.71 bits per heavy atom. The van der Waals surface area contributed by atoms with Crippen molar-refractivity contribution in [3.63, 3.8) is 0 Å². The Bertz CT molecular complexity index is 839. The van der Waals surface area contributed by atoms with Gasteiger partial charge in [0, 0.05) is 32.6 Å². The molecule has 0 unspecified atom stereocenters. The van der Waals surface area contributed by atoms with Crippen molar-refractivity contribution in [1.82, 2.24) is 9.97 Å². The monoisotopic (exact) mass is 316 g/mol. The van der Waals surface area contributed by atoms with E-state index in [1.165, 1.54) is 18.0 Å². The van der Waals surface area contributed by atoms with Gasteiger partial charge in [-0.3, -0.25) is 4.98 Å². The van der Waals surface area contributed by atoms with Gasteiger partial charge in [0.15, 0.2) is 0 Å². The zero-order valence-corrected chi connectivity index (χ0v) is 12.2. The predicted octanol–water partition coefficient (Wildman–Crippen LogP) is 4.13. The molecule has 0 aliphatic rings. The molecule has 1 N–H and O–H groups in total. The molecular weight excluding hydrogens is 308 g/mol. The van der Waals surface area contributed by atoms with Crippen LogP contribution in [0.25, 0.3) is 10.9 Å². The van der Waals surface area contributed by atoms with Gasteiger partial charge in [-0.05, 0) is 30.3 Å². The van der Waals surface area contributed by atoms with Crippen molar-refractivity contribution in [2.45, 2.75) is 9.79 Å². The quantitative estimate of drug-likeness (QED) is 0.787. The minimum Gasteiger partial charge on any atom is -0.477 e. The van der Waals surface area contributed by atoms with E-state index in [2.05, 4.69) is 9.97 Å². The largest absolute Gasteiger partial charge is 0.477 e. The number of carboxylic acid groups (broad SMARTS) is 1. The van der Waals surface area contributed by atoms with Crippen LogP contribution in [-0.2, 0) is 0 Å². The second kappa shape index (κ2) is 5.71. The molecule has 0 spiro atoms. The highest BCUT2D eigenvalue weighted by Gasteiger charge is 2.08. The van der Waals surface area contributed by atoms with Crippen molar-refractivity contribution >= 4 is 40.2 Å². The van der Waals surface area contributed by atoms with Gasteiger partial charge in [0.05, 0.1) is 5.52 Å². The number of rotatable bonds is 3. The van der Waals surface area contributed by atoms with Crippen molar-refractivity contribution in [3.05, 3.63) is 59.5 Å². The standard InChI is InChI=1S/C15H9ClN2O2S/c16-9-1-2-11-12(7-9)17-6-4-14(11)21-10-3-5-18-13(8-10)15(19)20/h1-8H,(H,19,20). The first kappa shape index (κ1) is 13.9. The van der Waals surface area contributed by atoms with E-state index in [9.17, 15) is 4.79 Å². The highest BCUT2D eigenvalue weighted by molar-refractivity contribution is 7.99. The molecule has 0 atom stereocenters. The summed E-state index contributed by atoms with van der Waals surface area (Å²) in [5.74, 6) is -1.04. The molecule has 21 heavy (non-hydrogen) atoms. The highest BCUT2D eigenvalue weighted by Crippen LogP contribution is 2.33. The number of hydrogen-bond acceptors (Lipinski definition) is 4. The lowest BCUT2D eigenvalue weighted by atomic mass is 10.2. The van der Waals surface area contributed by atoms with E-state index >= 15 is 0 Å². The maximum absolute atomic E-state index is 11.0. The van der Waals surface area contributed by atoms with E-state index in [0.717, 1.165) is 20.7 Å². The number of carbonyl (C=O) groups is 1. The third-order valence-electron chi connectivity index (χ3n) is 2.84. The Hall–Kier alpha value is -2.11. The molecule has 0 aliphatic carbocycles. The van der Waals surface area contributed by atoms with Crippen LogP contribution >= 0.6 is 23.4 Å². The Balaban J connectivity index is 2.02. The predicted molar refractivity (Wildman–Crippen MR) is 82.1 cm³/mol. The first-order valence-corrected chi connectivity index (χ1v) is 7.24. The van der Waals surface area contributed by atoms with Crippen LogP contribution in [0.2, 0.25) is 5.02 Å². The van der Waals surface area contributed by atoms with E-state index in [-0.39, 0.29) is 5.69 Å². The maximum Gasteiger partial charge on any atom is 0.354 e. The number of halogens is 1. The summed E-state index contributed by atoms with van der Waals surface area (Å²) in [6, 6.07) is 10.7. The van der Waals surface area contributed by atoms with Crippen molar-refractivity contribution in [1.29, 1.82) is 0 Å². The summed E-state index contributed by atoms with van der Waals surface area (Å²) in [7, 11) is 0. The number of benzene rings is 1. The van der Waals surface area contributed by atoms with Crippen LogP contribution in [0.4, 0.5) is 0 Å². The van der Waals surface area contributed by atoms with Gasteiger partial charge in [-0.2, -0.15) is 0 Å². The number of nitrogens with zero attached hydrogens (tertiary/aromatic N) is 2. The molecule has 4 nitrogen and oxygen atoms in total. The fourth-order valence-electron chi connectivity index (χ4n) is 1.90. The van der Waals surface area contributed by atoms with Crippen molar-refractivity contribution < 1.29 is 9.90 Å². The Labute approximate surface area is 129 Å². The highest BCUT2D eigenvalue weighted by atomic mass is 35.5. The zero-order valence-electron chi connectivity index (χ0n) is 10.7. The second-order valence-corrected chi connectivity index (χ2v) is 5.81. The molecule has 0 fully saturated rings. The minimum absolute atomic E-state index is 0.0291. The SMILES string of the molecule is O=C(O)c1cc(Sc2ccnc3cc(Cl)ccc23)ccn1. The molecule has 0 aliphatic heterocycles. The van der Waals surface area contributed by atoms with Crippen LogP contribution in [-0.4, -0.2) is 21.0 Å². The molecule has 0 saturated heterocycles. The molecule has 2 aromatic heterocycles. The Morgan fingerprint density at radius 1 is 1.10 bits per heavy atom. The van der Waals surface area contributed by atoms with E-state index in [4.69, 9.17) is 16.7 Å². The fraction of sp³-hybridized carbons (Fsp3) is 0. The lowest BCUT2D eigenvalue weighted by molar-refractivity contribution is 0.0690. The summed E-state index contributed by atoms with van der Waals surface area (Å²) < 4.78 is 0. The number of fused-ring (bicyclic) bond motifs is 1. The fourth-order valence-corrected chi connectivity index (χ4v) is 3.03. The molecular formula is C15H9ClN2O2S. The Morgan fingerprint density at radius 2 is 1.90 bits per heavy atom. The summed E-state index contributed by atoms with van der Waals surface area (Å²) in [5, 5.41) is 10.6. The molecule has 6 heteroatoms. The van der Waals surface area contributed by atoms with Gasteiger partial charge in [-0.25, -0.2) is 9.78 Å². The summed E-state index contributed by atoms with van der Waals surface area (Å²) >= 11 is 7.43. The molecule has 0 amide bonds. The summed E-state index contributed by atoms with van der Waals surface area (Å²) in [6.07, 6.45) is 3.20. The minimum atomic E-state index is -1.04. The molecule has 3 rings (SSSR count). The molecule has 1 aromatic carbocycles. The van der Waals surface area contributed by atoms with Crippen LogP contribution in [0.5, 0.6) is 0 Å². The molecule has 104 valence electrons. The molecule has 2 heterocycles. The summed E-state index contributed by atoms with van der Waals surface area (Å²) in [6.45, 7) is 0. The van der Waals surface area contributed by atoms with Crippen molar-refractivity contribution in [2.75, 3.05) is 0 Å². The average molecular weight is 317 g/mol. The normalized spacial score (nSPS) is 10.7. The summed E-state index contributed by atoms with van der Waals surface area (Å²) in [5.41, 5.74) is 0.835. The van der Waals surface area contributed by atoms with E-state index in [1.807, 2.05) is 18.2 Å². The number of pyridine rings is 2. The lowest BCUT2D eigenvalue weighted by Crippen LogP contribution is -1.99. The van der Waals surface area contributed by atoms with Crippen molar-refractivity contribution in [3.8, 4) is 0 Å². The Kier molecular flexibility index (Phi) is 3.77. The second-order valence-electron chi connectivity index (χ2n) is 4.25. The molecule has 0 bridgehead atoms. The number of aromatic carboxylic acids is 1. The van der Waals surface area contributed by atoms with Crippen LogP contribution in [0.3, 0.4) is 0 Å². The molecule has 0 radical (unpaired) electrons. The number of aromatic nitrogens is 2. The van der Waals surface area contributed by atoms with Gasteiger partial charge >= 0.3 is 5.97 Å². The van der Waals surface area contributed by atoms with E-state index < -0.39 is 5.97 Å². The first-order chi connectivity index (χ1) is 10.1. The van der Waals surface area contributed by atoms with Crippen molar-refractivity contribution in [2.24, 2.45) is 0 Å².